The van der Waals surface area contributed by atoms with Crippen LogP contribution >= 0.6 is 11.3 Å². The van der Waals surface area contributed by atoms with Crippen molar-refractivity contribution in [3.63, 3.8) is 0 Å². The zero-order valence-electron chi connectivity index (χ0n) is 10.3. The molecule has 0 aliphatic carbocycles. The first-order valence-corrected chi connectivity index (χ1v) is 6.36. The number of methoxy groups -OCH3 is 1. The summed E-state index contributed by atoms with van der Waals surface area (Å²) in [5.74, 6) is -0.473. The van der Waals surface area contributed by atoms with Gasteiger partial charge in [-0.3, -0.25) is 9.59 Å². The zero-order chi connectivity index (χ0) is 12.9. The summed E-state index contributed by atoms with van der Waals surface area (Å²) in [6.07, 6.45) is 0.841. The summed E-state index contributed by atoms with van der Waals surface area (Å²) >= 11 is 1.47. The van der Waals surface area contributed by atoms with Gasteiger partial charge in [0, 0.05) is 10.9 Å². The van der Waals surface area contributed by atoms with Gasteiger partial charge in [-0.2, -0.15) is 11.3 Å². The van der Waals surface area contributed by atoms with Crippen molar-refractivity contribution < 1.29 is 14.3 Å². The van der Waals surface area contributed by atoms with Crippen molar-refractivity contribution in [3.8, 4) is 0 Å². The number of hydrogen-bond donors (Lipinski definition) is 1. The van der Waals surface area contributed by atoms with E-state index >= 15 is 0 Å². The predicted octanol–water partition coefficient (Wildman–Crippen LogP) is 2.21. The molecule has 94 valence electrons. The van der Waals surface area contributed by atoms with Crippen LogP contribution in [0.5, 0.6) is 0 Å². The van der Waals surface area contributed by atoms with Gasteiger partial charge in [-0.15, -0.1) is 0 Å². The SMILES string of the molecule is CC[C@@](C)(CC(=O)OC)NC(=O)c1ccsc1. The number of esters is 1. The van der Waals surface area contributed by atoms with Gasteiger partial charge in [0.2, 0.25) is 0 Å². The van der Waals surface area contributed by atoms with Crippen LogP contribution in [0.4, 0.5) is 0 Å². The lowest BCUT2D eigenvalue weighted by Crippen LogP contribution is -2.47. The third-order valence-electron chi connectivity index (χ3n) is 2.74. The Kier molecular flexibility index (Phi) is 4.69. The van der Waals surface area contributed by atoms with E-state index in [1.165, 1.54) is 18.4 Å². The number of ether oxygens (including phenoxy) is 1. The quantitative estimate of drug-likeness (QED) is 0.821. The standard InChI is InChI=1S/C12H17NO3S/c1-4-12(2,7-10(14)16-3)13-11(15)9-5-6-17-8-9/h5-6,8H,4,7H2,1-3H3,(H,13,15)/t12-/m0/s1. The molecule has 0 aromatic carbocycles. The third kappa shape index (κ3) is 3.85. The molecule has 0 saturated carbocycles. The Hall–Kier alpha value is -1.36. The highest BCUT2D eigenvalue weighted by Crippen LogP contribution is 2.17. The average molecular weight is 255 g/mol. The number of rotatable bonds is 5. The highest BCUT2D eigenvalue weighted by molar-refractivity contribution is 7.08. The van der Waals surface area contributed by atoms with Crippen LogP contribution in [-0.4, -0.2) is 24.5 Å². The van der Waals surface area contributed by atoms with E-state index in [1.54, 1.807) is 11.4 Å². The van der Waals surface area contributed by atoms with E-state index in [9.17, 15) is 9.59 Å². The van der Waals surface area contributed by atoms with Gasteiger partial charge in [0.05, 0.1) is 19.1 Å². The molecule has 1 aromatic rings. The van der Waals surface area contributed by atoms with E-state index in [2.05, 4.69) is 10.1 Å². The molecule has 17 heavy (non-hydrogen) atoms. The summed E-state index contributed by atoms with van der Waals surface area (Å²) in [6.45, 7) is 3.77. The number of hydrogen-bond acceptors (Lipinski definition) is 4. The molecule has 0 radical (unpaired) electrons. The van der Waals surface area contributed by atoms with Crippen molar-refractivity contribution in [1.29, 1.82) is 0 Å². The van der Waals surface area contributed by atoms with E-state index in [0.29, 0.717) is 12.0 Å². The molecule has 1 aromatic heterocycles. The minimum absolute atomic E-state index is 0.153. The lowest BCUT2D eigenvalue weighted by Gasteiger charge is -2.28. The van der Waals surface area contributed by atoms with Crippen LogP contribution in [0, 0.1) is 0 Å². The van der Waals surface area contributed by atoms with Gasteiger partial charge in [-0.1, -0.05) is 6.92 Å². The maximum Gasteiger partial charge on any atom is 0.307 e. The van der Waals surface area contributed by atoms with Crippen molar-refractivity contribution in [1.82, 2.24) is 5.32 Å². The molecular weight excluding hydrogens is 238 g/mol. The van der Waals surface area contributed by atoms with E-state index < -0.39 is 5.54 Å². The van der Waals surface area contributed by atoms with E-state index in [1.807, 2.05) is 19.2 Å². The summed E-state index contributed by atoms with van der Waals surface area (Å²) in [4.78, 5) is 23.2. The van der Waals surface area contributed by atoms with Crippen LogP contribution in [0.2, 0.25) is 0 Å². The zero-order valence-corrected chi connectivity index (χ0v) is 11.1. The molecule has 0 aliphatic heterocycles. The molecule has 0 spiro atoms. The molecule has 5 heteroatoms. The minimum Gasteiger partial charge on any atom is -0.469 e. The maximum absolute atomic E-state index is 11.9. The molecular formula is C12H17NO3S. The highest BCUT2D eigenvalue weighted by Gasteiger charge is 2.28. The maximum atomic E-state index is 11.9. The fourth-order valence-electron chi connectivity index (χ4n) is 1.39. The van der Waals surface area contributed by atoms with E-state index in [4.69, 9.17) is 0 Å². The summed E-state index contributed by atoms with van der Waals surface area (Å²) < 4.78 is 4.63. The summed E-state index contributed by atoms with van der Waals surface area (Å²) in [5, 5.41) is 6.50. The number of carbonyl (C=O) groups excluding carboxylic acids is 2. The van der Waals surface area contributed by atoms with E-state index in [0.717, 1.165) is 0 Å². The average Bonchev–Trinajstić information content (AvgIpc) is 2.82. The Morgan fingerprint density at radius 3 is 2.71 bits per heavy atom. The normalized spacial score (nSPS) is 13.8. The first-order chi connectivity index (χ1) is 8.00. The van der Waals surface area contributed by atoms with Gasteiger partial charge < -0.3 is 10.1 Å². The van der Waals surface area contributed by atoms with Crippen molar-refractivity contribution in [2.24, 2.45) is 0 Å². The Labute approximate surface area is 105 Å². The third-order valence-corrected chi connectivity index (χ3v) is 3.42. The fourth-order valence-corrected chi connectivity index (χ4v) is 2.02. The van der Waals surface area contributed by atoms with Crippen molar-refractivity contribution >= 4 is 23.2 Å². The number of thiophene rings is 1. The Morgan fingerprint density at radius 1 is 1.53 bits per heavy atom. The van der Waals surface area contributed by atoms with Crippen LogP contribution in [0.3, 0.4) is 0 Å². The molecule has 4 nitrogen and oxygen atoms in total. The van der Waals surface area contributed by atoms with Crippen molar-refractivity contribution in [2.45, 2.75) is 32.2 Å². The van der Waals surface area contributed by atoms with Gasteiger partial charge in [-0.05, 0) is 24.8 Å². The lowest BCUT2D eigenvalue weighted by molar-refractivity contribution is -0.142. The van der Waals surface area contributed by atoms with Gasteiger partial charge in [0.25, 0.3) is 5.91 Å². The second-order valence-corrected chi connectivity index (χ2v) is 4.91. The first-order valence-electron chi connectivity index (χ1n) is 5.42. The van der Waals surface area contributed by atoms with Crippen molar-refractivity contribution in [2.75, 3.05) is 7.11 Å². The van der Waals surface area contributed by atoms with Gasteiger partial charge in [0.15, 0.2) is 0 Å². The minimum atomic E-state index is -0.563. The predicted molar refractivity (Wildman–Crippen MR) is 67.1 cm³/mol. The van der Waals surface area contributed by atoms with Crippen LogP contribution < -0.4 is 5.32 Å². The van der Waals surface area contributed by atoms with Crippen LogP contribution in [0.1, 0.15) is 37.0 Å². The number of amides is 1. The van der Waals surface area contributed by atoms with Gasteiger partial charge >= 0.3 is 5.97 Å². The fraction of sp³-hybridized carbons (Fsp3) is 0.500. The Balaban J connectivity index is 2.68. The van der Waals surface area contributed by atoms with Gasteiger partial charge in [-0.25, -0.2) is 0 Å². The number of carbonyl (C=O) groups is 2. The summed E-state index contributed by atoms with van der Waals surface area (Å²) in [7, 11) is 1.35. The molecule has 0 bridgehead atoms. The lowest BCUT2D eigenvalue weighted by atomic mass is 9.94. The number of nitrogens with one attached hydrogen (secondary N) is 1. The monoisotopic (exact) mass is 255 g/mol. The summed E-state index contributed by atoms with van der Waals surface area (Å²) in [6, 6.07) is 1.76. The molecule has 0 aliphatic rings. The second-order valence-electron chi connectivity index (χ2n) is 4.13. The molecule has 0 saturated heterocycles. The molecule has 1 amide bonds. The van der Waals surface area contributed by atoms with Crippen LogP contribution in [0.25, 0.3) is 0 Å². The Bertz CT molecular complexity index is 388. The second kappa shape index (κ2) is 5.82. The highest BCUT2D eigenvalue weighted by atomic mass is 32.1. The molecule has 1 atom stereocenters. The van der Waals surface area contributed by atoms with E-state index in [-0.39, 0.29) is 18.3 Å². The molecule has 0 unspecified atom stereocenters. The topological polar surface area (TPSA) is 55.4 Å². The smallest absolute Gasteiger partial charge is 0.307 e. The van der Waals surface area contributed by atoms with Gasteiger partial charge in [0.1, 0.15) is 0 Å². The molecule has 1 rings (SSSR count). The molecule has 0 fully saturated rings. The Morgan fingerprint density at radius 2 is 2.24 bits per heavy atom. The van der Waals surface area contributed by atoms with Crippen LogP contribution in [-0.2, 0) is 9.53 Å². The van der Waals surface area contributed by atoms with Crippen molar-refractivity contribution in [3.05, 3.63) is 22.4 Å². The summed E-state index contributed by atoms with van der Waals surface area (Å²) in [5.41, 5.74) is 0.0612. The molecule has 1 N–H and O–H groups in total. The largest absolute Gasteiger partial charge is 0.469 e. The molecule has 1 heterocycles. The first kappa shape index (κ1) is 13.7. The van der Waals surface area contributed by atoms with Crippen LogP contribution in [0.15, 0.2) is 16.8 Å².